The smallest absolute Gasteiger partial charge is 0.288 e. The number of nitrogens with one attached hydrogen (secondary N) is 2. The summed E-state index contributed by atoms with van der Waals surface area (Å²) < 4.78 is 0. The Hall–Kier alpha value is -1.39. The maximum atomic E-state index is 11.6. The molecule has 0 aromatic carbocycles. The van der Waals surface area contributed by atoms with Crippen LogP contribution < -0.4 is 5.32 Å². The summed E-state index contributed by atoms with van der Waals surface area (Å²) in [6.07, 6.45) is 7.70. The first-order chi connectivity index (χ1) is 8.25. The largest absolute Gasteiger partial charge is 0.349 e. The number of rotatable bonds is 4. The van der Waals surface area contributed by atoms with E-state index in [0.29, 0.717) is 5.82 Å². The lowest BCUT2D eigenvalue weighted by atomic mass is 9.81. The molecular formula is C12H20N4O. The minimum atomic E-state index is -0.160. The van der Waals surface area contributed by atoms with E-state index in [9.17, 15) is 4.79 Å². The van der Waals surface area contributed by atoms with E-state index < -0.39 is 0 Å². The molecule has 0 unspecified atom stereocenters. The number of hydrogen-bond acceptors (Lipinski definition) is 3. The lowest BCUT2D eigenvalue weighted by Crippen LogP contribution is -2.27. The summed E-state index contributed by atoms with van der Waals surface area (Å²) in [4.78, 5) is 15.4. The Bertz CT molecular complexity index is 341. The van der Waals surface area contributed by atoms with E-state index in [-0.39, 0.29) is 5.91 Å². The highest BCUT2D eigenvalue weighted by Gasteiger charge is 2.18. The van der Waals surface area contributed by atoms with Crippen LogP contribution in [0.3, 0.4) is 0 Å². The molecule has 1 heterocycles. The summed E-state index contributed by atoms with van der Waals surface area (Å²) in [5.41, 5.74) is 0. The molecule has 0 radical (unpaired) electrons. The third-order valence-electron chi connectivity index (χ3n) is 3.60. The fourth-order valence-electron chi connectivity index (χ4n) is 2.41. The van der Waals surface area contributed by atoms with Crippen molar-refractivity contribution in [1.29, 1.82) is 0 Å². The Balaban J connectivity index is 1.64. The van der Waals surface area contributed by atoms with Crippen LogP contribution in [-0.4, -0.2) is 27.6 Å². The number of aromatic amines is 1. The van der Waals surface area contributed by atoms with Gasteiger partial charge in [-0.15, -0.1) is 0 Å². The van der Waals surface area contributed by atoms with Gasteiger partial charge in [-0.1, -0.05) is 32.6 Å². The summed E-state index contributed by atoms with van der Waals surface area (Å²) in [5.74, 6) is 1.80. The number of hydrogen-bond donors (Lipinski definition) is 2. The van der Waals surface area contributed by atoms with Gasteiger partial charge < -0.3 is 5.32 Å². The molecule has 0 atom stereocenters. The van der Waals surface area contributed by atoms with Crippen molar-refractivity contribution in [2.24, 2.45) is 11.8 Å². The van der Waals surface area contributed by atoms with Crippen LogP contribution in [-0.2, 0) is 0 Å². The monoisotopic (exact) mass is 236 g/mol. The number of aromatic nitrogens is 3. The summed E-state index contributed by atoms with van der Waals surface area (Å²) in [5, 5.41) is 9.08. The standard InChI is InChI=1S/C12H20N4O/c1-9-2-4-10(5-3-9)6-7-13-12(17)11-14-8-15-16-11/h8-10H,2-7H2,1H3,(H,13,17)(H,14,15,16). The fourth-order valence-corrected chi connectivity index (χ4v) is 2.41. The van der Waals surface area contributed by atoms with E-state index in [1.54, 1.807) is 0 Å². The predicted octanol–water partition coefficient (Wildman–Crippen LogP) is 1.75. The van der Waals surface area contributed by atoms with E-state index in [1.165, 1.54) is 32.0 Å². The molecule has 1 aromatic heterocycles. The minimum Gasteiger partial charge on any atom is -0.349 e. The number of carbonyl (C=O) groups is 1. The van der Waals surface area contributed by atoms with Crippen LogP contribution in [0.2, 0.25) is 0 Å². The Morgan fingerprint density at radius 1 is 1.47 bits per heavy atom. The van der Waals surface area contributed by atoms with E-state index >= 15 is 0 Å². The second kappa shape index (κ2) is 5.80. The molecule has 1 aliphatic carbocycles. The Kier molecular flexibility index (Phi) is 4.12. The van der Waals surface area contributed by atoms with Crippen LogP contribution in [0.25, 0.3) is 0 Å². The highest BCUT2D eigenvalue weighted by atomic mass is 16.2. The molecule has 5 nitrogen and oxygen atoms in total. The molecule has 5 heteroatoms. The van der Waals surface area contributed by atoms with Gasteiger partial charge in [0, 0.05) is 6.54 Å². The zero-order valence-electron chi connectivity index (χ0n) is 10.3. The van der Waals surface area contributed by atoms with Crippen molar-refractivity contribution >= 4 is 5.91 Å². The zero-order valence-corrected chi connectivity index (χ0v) is 10.3. The SMILES string of the molecule is CC1CCC(CCNC(=O)c2ncn[nH]2)CC1. The van der Waals surface area contributed by atoms with Gasteiger partial charge in [0.15, 0.2) is 0 Å². The minimum absolute atomic E-state index is 0.160. The van der Waals surface area contributed by atoms with Gasteiger partial charge in [-0.25, -0.2) is 4.98 Å². The van der Waals surface area contributed by atoms with Crippen molar-refractivity contribution in [2.75, 3.05) is 6.54 Å². The summed E-state index contributed by atoms with van der Waals surface area (Å²) in [7, 11) is 0. The van der Waals surface area contributed by atoms with E-state index in [2.05, 4.69) is 27.4 Å². The molecule has 1 saturated carbocycles. The summed E-state index contributed by atoms with van der Waals surface area (Å²) in [6, 6.07) is 0. The summed E-state index contributed by atoms with van der Waals surface area (Å²) >= 11 is 0. The molecule has 0 saturated heterocycles. The molecule has 2 N–H and O–H groups in total. The number of nitrogens with zero attached hydrogens (tertiary/aromatic N) is 2. The lowest BCUT2D eigenvalue weighted by Gasteiger charge is -2.25. The van der Waals surface area contributed by atoms with Gasteiger partial charge in [0.1, 0.15) is 6.33 Å². The maximum absolute atomic E-state index is 11.6. The van der Waals surface area contributed by atoms with Gasteiger partial charge in [-0.2, -0.15) is 5.10 Å². The third kappa shape index (κ3) is 3.54. The Morgan fingerprint density at radius 3 is 2.88 bits per heavy atom. The van der Waals surface area contributed by atoms with Gasteiger partial charge in [-0.05, 0) is 18.3 Å². The molecule has 94 valence electrons. The van der Waals surface area contributed by atoms with Crippen molar-refractivity contribution in [3.63, 3.8) is 0 Å². The first-order valence-corrected chi connectivity index (χ1v) is 6.39. The quantitative estimate of drug-likeness (QED) is 0.836. The normalized spacial score (nSPS) is 24.5. The van der Waals surface area contributed by atoms with E-state index in [1.807, 2.05) is 0 Å². The second-order valence-corrected chi connectivity index (χ2v) is 5.00. The van der Waals surface area contributed by atoms with Gasteiger partial charge in [0.25, 0.3) is 5.91 Å². The topological polar surface area (TPSA) is 70.7 Å². The Morgan fingerprint density at radius 2 is 2.24 bits per heavy atom. The molecule has 2 rings (SSSR count). The lowest BCUT2D eigenvalue weighted by molar-refractivity contribution is 0.0939. The number of carbonyl (C=O) groups excluding carboxylic acids is 1. The van der Waals surface area contributed by atoms with Crippen LogP contribution in [0, 0.1) is 11.8 Å². The Labute approximate surface area is 101 Å². The zero-order chi connectivity index (χ0) is 12.1. The van der Waals surface area contributed by atoms with Crippen molar-refractivity contribution < 1.29 is 4.79 Å². The molecule has 0 aliphatic heterocycles. The number of H-pyrrole nitrogens is 1. The van der Waals surface area contributed by atoms with Crippen LogP contribution in [0.15, 0.2) is 6.33 Å². The average Bonchev–Trinajstić information content (AvgIpc) is 2.85. The average molecular weight is 236 g/mol. The van der Waals surface area contributed by atoms with Crippen molar-refractivity contribution in [3.05, 3.63) is 12.2 Å². The molecule has 1 aliphatic rings. The fraction of sp³-hybridized carbons (Fsp3) is 0.750. The van der Waals surface area contributed by atoms with E-state index in [4.69, 9.17) is 0 Å². The molecular weight excluding hydrogens is 216 g/mol. The highest BCUT2D eigenvalue weighted by molar-refractivity contribution is 5.90. The molecule has 0 spiro atoms. The van der Waals surface area contributed by atoms with Gasteiger partial charge >= 0.3 is 0 Å². The van der Waals surface area contributed by atoms with Gasteiger partial charge in [0.05, 0.1) is 0 Å². The molecule has 0 bridgehead atoms. The molecule has 1 aromatic rings. The van der Waals surface area contributed by atoms with E-state index in [0.717, 1.165) is 24.8 Å². The predicted molar refractivity (Wildman–Crippen MR) is 64.5 cm³/mol. The van der Waals surface area contributed by atoms with Gasteiger partial charge in [0.2, 0.25) is 5.82 Å². The van der Waals surface area contributed by atoms with Crippen LogP contribution >= 0.6 is 0 Å². The second-order valence-electron chi connectivity index (χ2n) is 5.00. The highest BCUT2D eigenvalue weighted by Crippen LogP contribution is 2.29. The molecule has 1 amide bonds. The first kappa shape index (κ1) is 12.1. The van der Waals surface area contributed by atoms with Crippen molar-refractivity contribution in [1.82, 2.24) is 20.5 Å². The maximum Gasteiger partial charge on any atom is 0.288 e. The first-order valence-electron chi connectivity index (χ1n) is 6.39. The molecule has 1 fully saturated rings. The molecule has 17 heavy (non-hydrogen) atoms. The third-order valence-corrected chi connectivity index (χ3v) is 3.60. The van der Waals surface area contributed by atoms with Crippen LogP contribution in [0.5, 0.6) is 0 Å². The van der Waals surface area contributed by atoms with Gasteiger partial charge in [-0.3, -0.25) is 9.89 Å². The summed E-state index contributed by atoms with van der Waals surface area (Å²) in [6.45, 7) is 3.06. The number of amides is 1. The van der Waals surface area contributed by atoms with Crippen LogP contribution in [0.1, 0.15) is 49.6 Å². The van der Waals surface area contributed by atoms with Crippen molar-refractivity contribution in [3.8, 4) is 0 Å². The van der Waals surface area contributed by atoms with Crippen molar-refractivity contribution in [2.45, 2.75) is 39.0 Å². The van der Waals surface area contributed by atoms with Crippen LogP contribution in [0.4, 0.5) is 0 Å².